The number of H-pyrrole nitrogens is 1. The van der Waals surface area contributed by atoms with Crippen molar-refractivity contribution in [1.29, 1.82) is 0 Å². The number of primary amides is 1. The van der Waals surface area contributed by atoms with Crippen molar-refractivity contribution in [3.63, 3.8) is 0 Å². The van der Waals surface area contributed by atoms with Crippen LogP contribution in [-0.2, 0) is 45.2 Å². The topological polar surface area (TPSA) is 335 Å². The van der Waals surface area contributed by atoms with Gasteiger partial charge in [-0.15, -0.1) is 0 Å². The van der Waals surface area contributed by atoms with Crippen LogP contribution in [0.5, 0.6) is 0 Å². The predicted molar refractivity (Wildman–Crippen MR) is 307 cm³/mol. The molecule has 2 aromatic heterocycles. The summed E-state index contributed by atoms with van der Waals surface area (Å²) >= 11 is 0. The van der Waals surface area contributed by atoms with Crippen molar-refractivity contribution in [1.82, 2.24) is 45.2 Å². The van der Waals surface area contributed by atoms with Gasteiger partial charge in [0, 0.05) is 61.9 Å². The maximum Gasteiger partial charge on any atom is 0.396 e. The van der Waals surface area contributed by atoms with Crippen LogP contribution in [0.1, 0.15) is 139 Å². The molecular weight excluding hydrogens is 1100 g/mol. The van der Waals surface area contributed by atoms with Crippen molar-refractivity contribution in [2.75, 3.05) is 13.1 Å². The van der Waals surface area contributed by atoms with Gasteiger partial charge in [0.1, 0.15) is 29.9 Å². The van der Waals surface area contributed by atoms with Gasteiger partial charge in [0.25, 0.3) is 11.4 Å². The Morgan fingerprint density at radius 3 is 2.14 bits per heavy atom. The number of nitrogens with one attached hydrogen (secondary N) is 5. The summed E-state index contributed by atoms with van der Waals surface area (Å²) < 4.78 is 14.8. The van der Waals surface area contributed by atoms with E-state index in [9.17, 15) is 57.5 Å². The first-order valence-electron chi connectivity index (χ1n) is 28.4. The molecule has 24 heteroatoms. The Labute approximate surface area is 482 Å². The van der Waals surface area contributed by atoms with Crippen LogP contribution in [0.25, 0.3) is 21.9 Å². The summed E-state index contributed by atoms with van der Waals surface area (Å²) in [4.78, 5) is 160. The first kappa shape index (κ1) is 58.7. The number of aryl methyl sites for hydroxylation is 1. The number of carbonyl (C=O) groups is 9. The number of amides is 8. The van der Waals surface area contributed by atoms with E-state index in [1.165, 1.54) is 38.3 Å². The molecule has 1 saturated carbocycles. The minimum absolute atomic E-state index is 0.0661. The molecule has 8 amide bonds. The first-order valence-corrected chi connectivity index (χ1v) is 30.0. The quantitative estimate of drug-likeness (QED) is 0.0442. The molecule has 0 spiro atoms. The molecule has 1 aliphatic carbocycles. The Kier molecular flexibility index (Phi) is 17.3. The highest BCUT2D eigenvalue weighted by molar-refractivity contribution is 7.70. The van der Waals surface area contributed by atoms with E-state index < -0.39 is 84.8 Å². The van der Waals surface area contributed by atoms with Crippen LogP contribution in [0.15, 0.2) is 108 Å². The van der Waals surface area contributed by atoms with Crippen LogP contribution >= 0.6 is 7.60 Å². The van der Waals surface area contributed by atoms with Crippen LogP contribution in [0.3, 0.4) is 0 Å². The number of carbonyl (C=O) groups excluding carboxylic acids is 9. The number of aromatic nitrogens is 3. The lowest BCUT2D eigenvalue weighted by Gasteiger charge is -2.39. The molecule has 4 aromatic carbocycles. The highest BCUT2D eigenvalue weighted by Crippen LogP contribution is 2.41. The van der Waals surface area contributed by atoms with Crippen molar-refractivity contribution in [2.45, 2.75) is 126 Å². The third kappa shape index (κ3) is 12.7. The maximum absolute atomic E-state index is 15.2. The number of fused-ring (bicyclic) bond motifs is 3. The van der Waals surface area contributed by atoms with Crippen LogP contribution in [0, 0.1) is 5.92 Å². The molecular formula is C60H67N10O13P. The average molecular weight is 1170 g/mol. The van der Waals surface area contributed by atoms with Crippen LogP contribution in [-0.4, -0.2) is 124 Å². The van der Waals surface area contributed by atoms with Crippen molar-refractivity contribution in [2.24, 2.45) is 18.7 Å². The van der Waals surface area contributed by atoms with Gasteiger partial charge < -0.3 is 46.3 Å². The molecule has 4 fully saturated rings. The van der Waals surface area contributed by atoms with Gasteiger partial charge in [-0.2, -0.15) is 0 Å². The third-order valence-electron chi connectivity index (χ3n) is 17.1. The van der Waals surface area contributed by atoms with Gasteiger partial charge in [0.15, 0.2) is 0 Å². The van der Waals surface area contributed by atoms with E-state index >= 15 is 4.79 Å². The van der Waals surface area contributed by atoms with E-state index in [2.05, 4.69) is 26.3 Å². The summed E-state index contributed by atoms with van der Waals surface area (Å²) in [6.45, 7) is -0.0706. The fraction of sp³-hybridized carbons (Fsp3) is 0.400. The molecule has 5 atom stereocenters. The molecule has 6 aromatic rings. The van der Waals surface area contributed by atoms with E-state index in [0.717, 1.165) is 42.4 Å². The summed E-state index contributed by atoms with van der Waals surface area (Å²) in [5.41, 5.74) is 7.71. The maximum atomic E-state index is 15.2. The van der Waals surface area contributed by atoms with Crippen LogP contribution in [0.2, 0.25) is 0 Å². The zero-order chi connectivity index (χ0) is 59.6. The van der Waals surface area contributed by atoms with Crippen molar-refractivity contribution in [3.8, 4) is 0 Å². The number of rotatable bonds is 18. The molecule has 84 heavy (non-hydrogen) atoms. The van der Waals surface area contributed by atoms with E-state index in [1.807, 2.05) is 78.9 Å². The first-order chi connectivity index (χ1) is 40.2. The molecule has 23 nitrogen and oxygen atoms in total. The highest BCUT2D eigenvalue weighted by Gasteiger charge is 2.46. The Morgan fingerprint density at radius 2 is 1.48 bits per heavy atom. The second kappa shape index (κ2) is 24.7. The van der Waals surface area contributed by atoms with Gasteiger partial charge >= 0.3 is 13.3 Å². The van der Waals surface area contributed by atoms with E-state index in [4.69, 9.17) is 5.73 Å². The molecule has 0 radical (unpaired) electrons. The second-order valence-electron chi connectivity index (χ2n) is 22.5. The largest absolute Gasteiger partial charge is 0.396 e. The lowest BCUT2D eigenvalue weighted by Crippen LogP contribution is -2.62. The number of imidazole rings is 1. The van der Waals surface area contributed by atoms with Gasteiger partial charge in [0.2, 0.25) is 41.4 Å². The Hall–Kier alpha value is -8.53. The number of benzene rings is 4. The highest BCUT2D eigenvalue weighted by atomic mass is 31.2. The summed E-state index contributed by atoms with van der Waals surface area (Å²) in [6, 6.07) is 23.7. The number of nitrogens with two attached hydrogens (primary N) is 1. The van der Waals surface area contributed by atoms with Crippen LogP contribution < -0.4 is 32.7 Å². The summed E-state index contributed by atoms with van der Waals surface area (Å²) in [7, 11) is -3.47. The van der Waals surface area contributed by atoms with E-state index in [0.29, 0.717) is 35.8 Å². The van der Waals surface area contributed by atoms with Gasteiger partial charge in [-0.05, 0) is 129 Å². The normalized spacial score (nSPS) is 21.5. The molecule has 9 N–H and O–H groups in total. The van der Waals surface area contributed by atoms with E-state index in [1.54, 1.807) is 11.9 Å². The number of hydrogen-bond acceptors (Lipinski definition) is 11. The third-order valence-corrected chi connectivity index (χ3v) is 17.9. The minimum atomic E-state index is -5.13. The molecule has 10 rings (SSSR count). The number of imide groups is 1. The fourth-order valence-corrected chi connectivity index (χ4v) is 13.1. The molecule has 4 aliphatic rings. The van der Waals surface area contributed by atoms with Crippen molar-refractivity contribution >= 4 is 82.3 Å². The van der Waals surface area contributed by atoms with Crippen LogP contribution in [0.4, 0.5) is 0 Å². The number of hydrogen-bond donors (Lipinski definition) is 8. The molecule has 3 aliphatic heterocycles. The minimum Gasteiger partial charge on any atom is -0.370 e. The molecule has 5 heterocycles. The number of aromatic amines is 1. The Bertz CT molecular complexity index is 3640. The molecule has 1 unspecified atom stereocenters. The fourth-order valence-electron chi connectivity index (χ4n) is 12.6. The monoisotopic (exact) mass is 1170 g/mol. The zero-order valence-electron chi connectivity index (χ0n) is 46.2. The Balaban J connectivity index is 0.842. The summed E-state index contributed by atoms with van der Waals surface area (Å²) in [6.07, 6.45) is 4.87. The number of nitrogens with zero attached hydrogens (tertiary/aromatic N) is 4. The molecule has 3 saturated heterocycles. The Morgan fingerprint density at radius 1 is 0.774 bits per heavy atom. The summed E-state index contributed by atoms with van der Waals surface area (Å²) in [5, 5.41) is 11.3. The second-order valence-corrected chi connectivity index (χ2v) is 24.0. The lowest BCUT2D eigenvalue weighted by atomic mass is 9.77. The molecule has 0 bridgehead atoms. The van der Waals surface area contributed by atoms with Gasteiger partial charge in [-0.3, -0.25) is 62.2 Å². The SMILES string of the molecule is Cn1c(=O)n(C2CCC(=O)NC2=O)c2ccc([C@H]3CC[C@@H](CCC(=O)N4CC[C@H]5CC[C@@H](C(=O)N[C@@H](CCC(N)=O)C(=O)NC(c6ccccc6)c6ccccc6)N5C(=O)[C@@H](NC(=O)c5cc6cc(C(=O)P(=O)(O)O)ccc6[nH]5)C4)CC3)cc21. The lowest BCUT2D eigenvalue weighted by molar-refractivity contribution is -0.145. The van der Waals surface area contributed by atoms with E-state index in [-0.39, 0.29) is 97.6 Å². The molecule has 440 valence electrons. The smallest absolute Gasteiger partial charge is 0.370 e. The average Bonchev–Trinajstić information content (AvgIpc) is 2.53. The zero-order valence-corrected chi connectivity index (χ0v) is 47.1. The van der Waals surface area contributed by atoms with Crippen molar-refractivity contribution in [3.05, 3.63) is 142 Å². The van der Waals surface area contributed by atoms with Gasteiger partial charge in [-0.1, -0.05) is 66.7 Å². The van der Waals surface area contributed by atoms with Gasteiger partial charge in [0.05, 0.1) is 17.1 Å². The number of piperidine rings is 1. The summed E-state index contributed by atoms with van der Waals surface area (Å²) in [5.74, 6) is -4.07. The van der Waals surface area contributed by atoms with Crippen molar-refractivity contribution < 1.29 is 57.5 Å². The van der Waals surface area contributed by atoms with Gasteiger partial charge in [-0.25, -0.2) is 4.79 Å². The predicted octanol–water partition coefficient (Wildman–Crippen LogP) is 4.22. The standard InChI is InChI=1S/C60H67N10O13P/c1-67-49-32-38(18-22-46(49)70(60(67)80)48-24-26-51(72)65-57(48)77)35-15-12-34(13-16-35)14-27-52(73)68-29-28-41-19-23-47(56(76)63-43(21-25-50(61)71)54(74)66-53(36-8-4-2-5-9-36)37-10-6-3-7-11-37)69(41)58(78)45(33-68)64-55(75)44-31-40-30-39(17-20-42(40)62-44)59(79)84(81,82)83/h2-11,17-18,20,22,30-32,34-35,41,43,45,47-48,53,62H,12-16,19,21,23-29,33H2,1H3,(H2,61,71)(H,63,76)(H,64,75)(H,66,74)(H,65,72,77)(H2,81,82,83)/t34-,35+,41-,43+,45+,47+,48?/m1/s1.